The number of nitrogens with one attached hydrogen (secondary N) is 1. The van der Waals surface area contributed by atoms with Crippen LogP contribution in [-0.2, 0) is 0 Å². The van der Waals surface area contributed by atoms with Crippen molar-refractivity contribution in [3.8, 4) is 5.75 Å². The van der Waals surface area contributed by atoms with E-state index in [4.69, 9.17) is 4.74 Å². The first-order valence-corrected chi connectivity index (χ1v) is 7.89. The van der Waals surface area contributed by atoms with E-state index in [1.165, 1.54) is 0 Å². The molecule has 2 aromatic rings. The molecular weight excluding hydrogens is 377 g/mol. The van der Waals surface area contributed by atoms with Crippen LogP contribution in [0.5, 0.6) is 5.75 Å². The monoisotopic (exact) mass is 395 g/mol. The van der Waals surface area contributed by atoms with Crippen molar-refractivity contribution < 1.29 is 9.53 Å². The molecule has 0 heterocycles. The summed E-state index contributed by atoms with van der Waals surface area (Å²) < 4.78 is 6.69. The molecule has 21 heavy (non-hydrogen) atoms. The number of hydrogen-bond acceptors (Lipinski definition) is 2. The highest BCUT2D eigenvalue weighted by Crippen LogP contribution is 2.16. The number of hydrogen-bond donors (Lipinski definition) is 1. The Hall–Kier alpha value is -1.56. The van der Waals surface area contributed by atoms with Gasteiger partial charge in [-0.2, -0.15) is 0 Å². The summed E-state index contributed by atoms with van der Waals surface area (Å²) in [5.41, 5.74) is 1.79. The quantitative estimate of drug-likeness (QED) is 0.783. The predicted molar refractivity (Wildman–Crippen MR) is 92.8 cm³/mol. The Morgan fingerprint density at radius 3 is 2.57 bits per heavy atom. The van der Waals surface area contributed by atoms with E-state index in [0.717, 1.165) is 14.9 Å². The lowest BCUT2D eigenvalue weighted by molar-refractivity contribution is 0.0925. The average molecular weight is 395 g/mol. The van der Waals surface area contributed by atoms with Crippen molar-refractivity contribution in [1.82, 2.24) is 5.32 Å². The number of amides is 1. The van der Waals surface area contributed by atoms with Gasteiger partial charge in [-0.25, -0.2) is 0 Å². The third-order valence-corrected chi connectivity index (χ3v) is 4.02. The fourth-order valence-corrected chi connectivity index (χ4v) is 2.55. The van der Waals surface area contributed by atoms with Crippen LogP contribution in [0.1, 0.15) is 22.8 Å². The van der Waals surface area contributed by atoms with Gasteiger partial charge in [-0.1, -0.05) is 30.3 Å². The van der Waals surface area contributed by atoms with Crippen molar-refractivity contribution in [2.24, 2.45) is 0 Å². The van der Waals surface area contributed by atoms with Gasteiger partial charge in [0, 0.05) is 3.57 Å². The summed E-state index contributed by atoms with van der Waals surface area (Å²) in [7, 11) is 0. The van der Waals surface area contributed by atoms with Crippen molar-refractivity contribution in [1.29, 1.82) is 0 Å². The molecular formula is C17H18INO2. The summed E-state index contributed by atoms with van der Waals surface area (Å²) in [5, 5.41) is 2.96. The molecule has 2 rings (SSSR count). The number of aryl methyl sites for hydroxylation is 1. The maximum Gasteiger partial charge on any atom is 0.252 e. The molecule has 0 saturated carbocycles. The van der Waals surface area contributed by atoms with Crippen molar-refractivity contribution >= 4 is 28.5 Å². The average Bonchev–Trinajstić information content (AvgIpc) is 2.46. The Balaban J connectivity index is 1.90. The number of carbonyl (C=O) groups is 1. The van der Waals surface area contributed by atoms with Gasteiger partial charge in [0.25, 0.3) is 5.91 Å². The van der Waals surface area contributed by atoms with Gasteiger partial charge in [0.05, 0.1) is 11.6 Å². The normalized spacial score (nSPS) is 11.8. The molecule has 0 unspecified atom stereocenters. The van der Waals surface area contributed by atoms with Crippen LogP contribution in [0.4, 0.5) is 0 Å². The zero-order valence-electron chi connectivity index (χ0n) is 12.1. The predicted octanol–water partition coefficient (Wildman–Crippen LogP) is 3.80. The molecule has 1 N–H and O–H groups in total. The molecule has 3 nitrogen and oxygen atoms in total. The Morgan fingerprint density at radius 2 is 1.86 bits per heavy atom. The number of benzene rings is 2. The maximum atomic E-state index is 12.2. The SMILES string of the molecule is Cc1ccccc1OC[C@@H](C)NC(=O)c1ccccc1I. The van der Waals surface area contributed by atoms with Crippen LogP contribution in [0.15, 0.2) is 48.5 Å². The van der Waals surface area contributed by atoms with Crippen LogP contribution in [0.2, 0.25) is 0 Å². The van der Waals surface area contributed by atoms with E-state index in [9.17, 15) is 4.79 Å². The molecule has 0 radical (unpaired) electrons. The van der Waals surface area contributed by atoms with Gasteiger partial charge in [0.1, 0.15) is 12.4 Å². The Bertz CT molecular complexity index is 628. The van der Waals surface area contributed by atoms with Crippen molar-refractivity contribution in [3.63, 3.8) is 0 Å². The third-order valence-electron chi connectivity index (χ3n) is 3.08. The molecule has 1 atom stereocenters. The highest BCUT2D eigenvalue weighted by Gasteiger charge is 2.12. The Labute approximate surface area is 138 Å². The molecule has 110 valence electrons. The van der Waals surface area contributed by atoms with Gasteiger partial charge < -0.3 is 10.1 Å². The number of para-hydroxylation sites is 1. The van der Waals surface area contributed by atoms with Crippen LogP contribution < -0.4 is 10.1 Å². The minimum Gasteiger partial charge on any atom is -0.491 e. The third kappa shape index (κ3) is 4.46. The number of halogens is 1. The fourth-order valence-electron chi connectivity index (χ4n) is 1.92. The molecule has 0 bridgehead atoms. The minimum absolute atomic E-state index is 0.0619. The second-order valence-corrected chi connectivity index (χ2v) is 6.09. The second kappa shape index (κ2) is 7.45. The van der Waals surface area contributed by atoms with Gasteiger partial charge in [0.2, 0.25) is 0 Å². The van der Waals surface area contributed by atoms with E-state index < -0.39 is 0 Å². The van der Waals surface area contributed by atoms with E-state index in [0.29, 0.717) is 12.2 Å². The zero-order valence-corrected chi connectivity index (χ0v) is 14.3. The van der Waals surface area contributed by atoms with Gasteiger partial charge >= 0.3 is 0 Å². The minimum atomic E-state index is -0.0686. The molecule has 4 heteroatoms. The Morgan fingerprint density at radius 1 is 1.19 bits per heavy atom. The van der Waals surface area contributed by atoms with E-state index >= 15 is 0 Å². The zero-order chi connectivity index (χ0) is 15.2. The maximum absolute atomic E-state index is 12.2. The summed E-state index contributed by atoms with van der Waals surface area (Å²) in [6.45, 7) is 4.39. The standard InChI is InChI=1S/C17H18INO2/c1-12-7-3-6-10-16(12)21-11-13(2)19-17(20)14-8-4-5-9-15(14)18/h3-10,13H,11H2,1-2H3,(H,19,20)/t13-/m1/s1. The smallest absolute Gasteiger partial charge is 0.252 e. The van der Waals surface area contributed by atoms with Gasteiger partial charge in [0.15, 0.2) is 0 Å². The van der Waals surface area contributed by atoms with Crippen LogP contribution in [0.25, 0.3) is 0 Å². The summed E-state index contributed by atoms with van der Waals surface area (Å²) >= 11 is 2.17. The lowest BCUT2D eigenvalue weighted by Gasteiger charge is -2.16. The summed E-state index contributed by atoms with van der Waals surface area (Å²) in [6, 6.07) is 15.3. The Kier molecular flexibility index (Phi) is 5.61. The summed E-state index contributed by atoms with van der Waals surface area (Å²) in [5.74, 6) is 0.786. The van der Waals surface area contributed by atoms with Gasteiger partial charge in [-0.15, -0.1) is 0 Å². The second-order valence-electron chi connectivity index (χ2n) is 4.93. The largest absolute Gasteiger partial charge is 0.491 e. The van der Waals surface area contributed by atoms with Crippen LogP contribution in [0.3, 0.4) is 0 Å². The highest BCUT2D eigenvalue weighted by atomic mass is 127. The van der Waals surface area contributed by atoms with Crippen molar-refractivity contribution in [2.45, 2.75) is 19.9 Å². The summed E-state index contributed by atoms with van der Waals surface area (Å²) in [4.78, 5) is 12.2. The van der Waals surface area contributed by atoms with Gasteiger partial charge in [-0.05, 0) is 60.2 Å². The van der Waals surface area contributed by atoms with Crippen LogP contribution >= 0.6 is 22.6 Å². The number of carbonyl (C=O) groups excluding carboxylic acids is 1. The van der Waals surface area contributed by atoms with E-state index in [-0.39, 0.29) is 11.9 Å². The number of ether oxygens (including phenoxy) is 1. The molecule has 0 aliphatic carbocycles. The van der Waals surface area contributed by atoms with Gasteiger partial charge in [-0.3, -0.25) is 4.79 Å². The van der Waals surface area contributed by atoms with Crippen LogP contribution in [0, 0.1) is 10.5 Å². The van der Waals surface area contributed by atoms with E-state index in [1.54, 1.807) is 0 Å². The first-order chi connectivity index (χ1) is 10.1. The molecule has 0 aromatic heterocycles. The molecule has 2 aromatic carbocycles. The van der Waals surface area contributed by atoms with E-state index in [1.807, 2.05) is 62.4 Å². The van der Waals surface area contributed by atoms with E-state index in [2.05, 4.69) is 27.9 Å². The topological polar surface area (TPSA) is 38.3 Å². The number of rotatable bonds is 5. The lowest BCUT2D eigenvalue weighted by atomic mass is 10.2. The molecule has 0 saturated heterocycles. The molecule has 0 fully saturated rings. The molecule has 0 aliphatic rings. The molecule has 0 spiro atoms. The van der Waals surface area contributed by atoms with Crippen molar-refractivity contribution in [2.75, 3.05) is 6.61 Å². The highest BCUT2D eigenvalue weighted by molar-refractivity contribution is 14.1. The first-order valence-electron chi connectivity index (χ1n) is 6.81. The van der Waals surface area contributed by atoms with Crippen molar-refractivity contribution in [3.05, 3.63) is 63.2 Å². The lowest BCUT2D eigenvalue weighted by Crippen LogP contribution is -2.37. The molecule has 1 amide bonds. The fraction of sp³-hybridized carbons (Fsp3) is 0.235. The molecule has 0 aliphatic heterocycles. The first kappa shape index (κ1) is 15.8. The summed E-state index contributed by atoms with van der Waals surface area (Å²) in [6.07, 6.45) is 0. The van der Waals surface area contributed by atoms with Crippen LogP contribution in [-0.4, -0.2) is 18.6 Å².